The predicted molar refractivity (Wildman–Crippen MR) is 89.0 cm³/mol. The quantitative estimate of drug-likeness (QED) is 0.405. The molecule has 0 atom stereocenters. The van der Waals surface area contributed by atoms with Crippen molar-refractivity contribution >= 4 is 32.6 Å². The summed E-state index contributed by atoms with van der Waals surface area (Å²) in [6, 6.07) is 18.1. The molecule has 0 aliphatic heterocycles. The average Bonchev–Trinajstić information content (AvgIpc) is 2.54. The third-order valence-electron chi connectivity index (χ3n) is 4.17. The summed E-state index contributed by atoms with van der Waals surface area (Å²) >= 11 is 0. The minimum Gasteiger partial charge on any atom is -0.354 e. The van der Waals surface area contributed by atoms with Crippen molar-refractivity contribution in [2.45, 2.75) is 13.3 Å². The van der Waals surface area contributed by atoms with Crippen molar-refractivity contribution in [1.82, 2.24) is 4.98 Å². The first-order valence-electron chi connectivity index (χ1n) is 7.24. The zero-order valence-electron chi connectivity index (χ0n) is 11.8. The third kappa shape index (κ3) is 1.76. The molecule has 0 aliphatic carbocycles. The summed E-state index contributed by atoms with van der Waals surface area (Å²) in [5.41, 5.74) is 3.23. The van der Waals surface area contributed by atoms with Crippen LogP contribution in [-0.4, -0.2) is 4.98 Å². The molecule has 1 N–H and O–H groups in total. The van der Waals surface area contributed by atoms with Gasteiger partial charge in [-0.2, -0.15) is 0 Å². The van der Waals surface area contributed by atoms with Gasteiger partial charge in [-0.05, 0) is 35.6 Å². The van der Waals surface area contributed by atoms with Gasteiger partial charge < -0.3 is 4.98 Å². The zero-order valence-corrected chi connectivity index (χ0v) is 11.8. The molecule has 1 aromatic heterocycles. The molecule has 21 heavy (non-hydrogen) atoms. The first-order valence-corrected chi connectivity index (χ1v) is 7.24. The number of aromatic nitrogens is 1. The van der Waals surface area contributed by atoms with Crippen LogP contribution in [0, 0.1) is 0 Å². The number of aryl methyl sites for hydroxylation is 1. The van der Waals surface area contributed by atoms with E-state index in [0.717, 1.165) is 33.6 Å². The van der Waals surface area contributed by atoms with Gasteiger partial charge in [0, 0.05) is 21.7 Å². The predicted octanol–water partition coefficient (Wildman–Crippen LogP) is 4.40. The van der Waals surface area contributed by atoms with Crippen LogP contribution in [0.1, 0.15) is 12.5 Å². The van der Waals surface area contributed by atoms with Crippen molar-refractivity contribution in [3.05, 3.63) is 70.4 Å². The number of benzene rings is 3. The second-order valence-corrected chi connectivity index (χ2v) is 5.40. The average molecular weight is 273 g/mol. The number of hydrogen-bond donors (Lipinski definition) is 1. The molecule has 0 bridgehead atoms. The molecule has 3 aromatic carbocycles. The van der Waals surface area contributed by atoms with Crippen LogP contribution < -0.4 is 5.43 Å². The van der Waals surface area contributed by atoms with Gasteiger partial charge in [-0.1, -0.05) is 43.3 Å². The molecule has 102 valence electrons. The van der Waals surface area contributed by atoms with Gasteiger partial charge >= 0.3 is 0 Å². The Hall–Kier alpha value is -2.61. The lowest BCUT2D eigenvalue weighted by Crippen LogP contribution is -2.04. The molecular formula is C19H15NO. The molecule has 0 aliphatic rings. The molecular weight excluding hydrogens is 258 g/mol. The maximum atomic E-state index is 12.6. The van der Waals surface area contributed by atoms with Gasteiger partial charge in [0.1, 0.15) is 0 Å². The van der Waals surface area contributed by atoms with Crippen LogP contribution in [-0.2, 0) is 6.42 Å². The number of nitrogens with one attached hydrogen (secondary N) is 1. The molecule has 4 aromatic rings. The summed E-state index contributed by atoms with van der Waals surface area (Å²) in [6.07, 6.45) is 1.02. The van der Waals surface area contributed by atoms with Gasteiger partial charge in [0.05, 0.1) is 5.52 Å². The van der Waals surface area contributed by atoms with Crippen LogP contribution in [0.5, 0.6) is 0 Å². The SMILES string of the molecule is CCc1ccc2c(ccc3c(=O)c4ccccc4[nH]c32)c1. The van der Waals surface area contributed by atoms with E-state index >= 15 is 0 Å². The Morgan fingerprint density at radius 3 is 2.57 bits per heavy atom. The Labute approximate surface area is 122 Å². The number of rotatable bonds is 1. The van der Waals surface area contributed by atoms with Crippen molar-refractivity contribution in [1.29, 1.82) is 0 Å². The number of aromatic amines is 1. The fourth-order valence-corrected chi connectivity index (χ4v) is 2.99. The first-order chi connectivity index (χ1) is 10.3. The van der Waals surface area contributed by atoms with Crippen LogP contribution in [0.25, 0.3) is 32.6 Å². The summed E-state index contributed by atoms with van der Waals surface area (Å²) in [5.74, 6) is 0. The summed E-state index contributed by atoms with van der Waals surface area (Å²) in [5, 5.41) is 3.78. The number of H-pyrrole nitrogens is 1. The maximum absolute atomic E-state index is 12.6. The Balaban J connectivity index is 2.22. The van der Waals surface area contributed by atoms with E-state index in [0.29, 0.717) is 0 Å². The molecule has 1 heterocycles. The standard InChI is InChI=1S/C19H15NO/c1-2-12-7-9-14-13(11-12)8-10-16-18(14)20-17-6-4-3-5-15(17)19(16)21/h3-11H,2H2,1H3,(H,20,21). The highest BCUT2D eigenvalue weighted by Gasteiger charge is 2.08. The van der Waals surface area contributed by atoms with Gasteiger partial charge in [0.25, 0.3) is 0 Å². The van der Waals surface area contributed by atoms with Crippen molar-refractivity contribution in [2.75, 3.05) is 0 Å². The van der Waals surface area contributed by atoms with E-state index in [9.17, 15) is 4.79 Å². The van der Waals surface area contributed by atoms with Crippen LogP contribution in [0.4, 0.5) is 0 Å². The molecule has 4 rings (SSSR count). The van der Waals surface area contributed by atoms with Crippen LogP contribution in [0.3, 0.4) is 0 Å². The monoisotopic (exact) mass is 273 g/mol. The highest BCUT2D eigenvalue weighted by atomic mass is 16.1. The summed E-state index contributed by atoms with van der Waals surface area (Å²) in [4.78, 5) is 16.1. The lowest BCUT2D eigenvalue weighted by Gasteiger charge is -2.07. The molecule has 0 amide bonds. The number of pyridine rings is 1. The number of para-hydroxylation sites is 1. The Kier molecular flexibility index (Phi) is 2.58. The third-order valence-corrected chi connectivity index (χ3v) is 4.17. The Morgan fingerprint density at radius 2 is 1.71 bits per heavy atom. The van der Waals surface area contributed by atoms with E-state index in [1.807, 2.05) is 36.4 Å². The first kappa shape index (κ1) is 12.2. The molecule has 0 unspecified atom stereocenters. The molecule has 0 fully saturated rings. The normalized spacial score (nSPS) is 11.5. The molecule has 0 saturated heterocycles. The van der Waals surface area contributed by atoms with Crippen molar-refractivity contribution in [3.8, 4) is 0 Å². The Morgan fingerprint density at radius 1 is 0.905 bits per heavy atom. The lowest BCUT2D eigenvalue weighted by atomic mass is 10.0. The van der Waals surface area contributed by atoms with Gasteiger partial charge in [0.2, 0.25) is 0 Å². The fraction of sp³-hybridized carbons (Fsp3) is 0.105. The maximum Gasteiger partial charge on any atom is 0.197 e. The largest absolute Gasteiger partial charge is 0.354 e. The van der Waals surface area contributed by atoms with Crippen molar-refractivity contribution in [3.63, 3.8) is 0 Å². The van der Waals surface area contributed by atoms with Crippen molar-refractivity contribution < 1.29 is 0 Å². The molecule has 0 spiro atoms. The molecule has 0 saturated carbocycles. The van der Waals surface area contributed by atoms with E-state index in [2.05, 4.69) is 30.1 Å². The minimum atomic E-state index is 0.0980. The second kappa shape index (κ2) is 4.45. The van der Waals surface area contributed by atoms with Crippen LogP contribution in [0.15, 0.2) is 59.4 Å². The van der Waals surface area contributed by atoms with Crippen molar-refractivity contribution in [2.24, 2.45) is 0 Å². The van der Waals surface area contributed by atoms with E-state index < -0.39 is 0 Å². The van der Waals surface area contributed by atoms with E-state index in [1.165, 1.54) is 10.9 Å². The highest BCUT2D eigenvalue weighted by molar-refractivity contribution is 6.08. The lowest BCUT2D eigenvalue weighted by molar-refractivity contribution is 1.15. The van der Waals surface area contributed by atoms with E-state index in [4.69, 9.17) is 0 Å². The van der Waals surface area contributed by atoms with Gasteiger partial charge in [-0.25, -0.2) is 0 Å². The zero-order chi connectivity index (χ0) is 14.4. The van der Waals surface area contributed by atoms with Gasteiger partial charge in [-0.15, -0.1) is 0 Å². The fourth-order valence-electron chi connectivity index (χ4n) is 2.99. The smallest absolute Gasteiger partial charge is 0.197 e. The van der Waals surface area contributed by atoms with E-state index in [1.54, 1.807) is 0 Å². The topological polar surface area (TPSA) is 32.9 Å². The summed E-state index contributed by atoms with van der Waals surface area (Å²) in [7, 11) is 0. The molecule has 2 heteroatoms. The summed E-state index contributed by atoms with van der Waals surface area (Å²) in [6.45, 7) is 2.15. The van der Waals surface area contributed by atoms with Gasteiger partial charge in [-0.3, -0.25) is 4.79 Å². The molecule has 0 radical (unpaired) electrons. The van der Waals surface area contributed by atoms with Crippen LogP contribution in [0.2, 0.25) is 0 Å². The minimum absolute atomic E-state index is 0.0980. The number of fused-ring (bicyclic) bond motifs is 4. The van der Waals surface area contributed by atoms with Crippen LogP contribution >= 0.6 is 0 Å². The molecule has 2 nitrogen and oxygen atoms in total. The second-order valence-electron chi connectivity index (χ2n) is 5.40. The number of hydrogen-bond acceptors (Lipinski definition) is 1. The highest BCUT2D eigenvalue weighted by Crippen LogP contribution is 2.25. The Bertz CT molecular complexity index is 1040. The van der Waals surface area contributed by atoms with Gasteiger partial charge in [0.15, 0.2) is 5.43 Å². The van der Waals surface area contributed by atoms with E-state index in [-0.39, 0.29) is 5.43 Å². The summed E-state index contributed by atoms with van der Waals surface area (Å²) < 4.78 is 0.